The van der Waals surface area contributed by atoms with Crippen LogP contribution in [0.1, 0.15) is 65.4 Å². The molecule has 0 bridgehead atoms. The third-order valence-electron chi connectivity index (χ3n) is 7.73. The van der Waals surface area contributed by atoms with Gasteiger partial charge >= 0.3 is 0 Å². The van der Waals surface area contributed by atoms with Gasteiger partial charge in [-0.3, -0.25) is 4.68 Å². The van der Waals surface area contributed by atoms with E-state index in [0.717, 1.165) is 47.1 Å². The highest BCUT2D eigenvalue weighted by molar-refractivity contribution is 5.88. The van der Waals surface area contributed by atoms with Crippen LogP contribution in [0.2, 0.25) is 0 Å². The number of hydrogen-bond donors (Lipinski definition) is 0. The van der Waals surface area contributed by atoms with Crippen molar-refractivity contribution in [1.82, 2.24) is 29.7 Å². The summed E-state index contributed by atoms with van der Waals surface area (Å²) in [5.41, 5.74) is 6.70. The Balaban J connectivity index is 1.33. The minimum Gasteiger partial charge on any atom is -0.367 e. The van der Waals surface area contributed by atoms with Gasteiger partial charge < -0.3 is 4.74 Å². The highest BCUT2D eigenvalue weighted by Crippen LogP contribution is 2.41. The molecule has 2 aromatic carbocycles. The lowest BCUT2D eigenvalue weighted by Crippen LogP contribution is -2.16. The Labute approximate surface area is 236 Å². The Morgan fingerprint density at radius 3 is 2.51 bits per heavy atom. The molecule has 7 rings (SSSR count). The van der Waals surface area contributed by atoms with Crippen molar-refractivity contribution < 1.29 is 13.5 Å². The summed E-state index contributed by atoms with van der Waals surface area (Å²) in [6, 6.07) is 15.9. The van der Waals surface area contributed by atoms with Crippen molar-refractivity contribution in [3.8, 4) is 11.3 Å². The van der Waals surface area contributed by atoms with Crippen LogP contribution >= 0.6 is 0 Å². The van der Waals surface area contributed by atoms with Crippen molar-refractivity contribution in [1.29, 1.82) is 0 Å². The lowest BCUT2D eigenvalue weighted by Gasteiger charge is -2.23. The SMILES string of the molecule is Cc1nc2nc(C3=CC(c4cc(C5CC5)nn4Cc4ccccc4)OCC3)nc(-c3ccc(F)cc3F)c2nc1C. The number of halogens is 2. The summed E-state index contributed by atoms with van der Waals surface area (Å²) in [6.45, 7) is 4.80. The molecule has 1 saturated carbocycles. The summed E-state index contributed by atoms with van der Waals surface area (Å²) >= 11 is 0. The standard InChI is InChI=1S/C32H28F2N6O/c1-18-19(2)36-32-30(35-18)29(24-11-10-23(33)15-25(24)34)37-31(38-32)22-12-13-41-28(14-22)27-16-26(21-8-9-21)39-40(27)17-20-6-4-3-5-7-20/h3-7,10-11,14-16,21,28H,8-9,12-13,17H2,1-2H3. The van der Waals surface area contributed by atoms with Crippen LogP contribution in [0.3, 0.4) is 0 Å². The van der Waals surface area contributed by atoms with Crippen LogP contribution in [0.4, 0.5) is 8.78 Å². The van der Waals surface area contributed by atoms with Crippen LogP contribution in [0, 0.1) is 25.5 Å². The van der Waals surface area contributed by atoms with Crippen molar-refractivity contribution in [3.63, 3.8) is 0 Å². The molecule has 1 aliphatic heterocycles. The smallest absolute Gasteiger partial charge is 0.182 e. The molecule has 0 radical (unpaired) electrons. The zero-order chi connectivity index (χ0) is 28.1. The minimum absolute atomic E-state index is 0.150. The fourth-order valence-corrected chi connectivity index (χ4v) is 5.23. The van der Waals surface area contributed by atoms with E-state index in [1.54, 1.807) is 0 Å². The molecule has 1 unspecified atom stereocenters. The number of ether oxygens (including phenoxy) is 1. The van der Waals surface area contributed by atoms with Gasteiger partial charge in [-0.05, 0) is 68.5 Å². The lowest BCUT2D eigenvalue weighted by molar-refractivity contribution is 0.0766. The highest BCUT2D eigenvalue weighted by atomic mass is 19.1. The maximum atomic E-state index is 15.0. The van der Waals surface area contributed by atoms with Gasteiger partial charge in [-0.25, -0.2) is 28.7 Å². The van der Waals surface area contributed by atoms with Gasteiger partial charge in [-0.15, -0.1) is 0 Å². The van der Waals surface area contributed by atoms with Gasteiger partial charge in [0.05, 0.1) is 35.9 Å². The molecule has 9 heteroatoms. The van der Waals surface area contributed by atoms with Gasteiger partial charge in [0.25, 0.3) is 0 Å². The first kappa shape index (κ1) is 25.6. The summed E-state index contributed by atoms with van der Waals surface area (Å²) in [5, 5.41) is 4.96. The zero-order valence-electron chi connectivity index (χ0n) is 22.8. The third-order valence-corrected chi connectivity index (χ3v) is 7.73. The molecule has 0 saturated heterocycles. The van der Waals surface area contributed by atoms with Crippen molar-refractivity contribution >= 4 is 16.7 Å². The first-order valence-corrected chi connectivity index (χ1v) is 13.9. The fraction of sp³-hybridized carbons (Fsp3) is 0.281. The van der Waals surface area contributed by atoms with Crippen molar-refractivity contribution in [2.24, 2.45) is 0 Å². The van der Waals surface area contributed by atoms with Crippen LogP contribution < -0.4 is 0 Å². The minimum atomic E-state index is -0.716. The number of aromatic nitrogens is 6. The van der Waals surface area contributed by atoms with E-state index in [9.17, 15) is 4.39 Å². The Morgan fingerprint density at radius 1 is 0.927 bits per heavy atom. The van der Waals surface area contributed by atoms with Crippen molar-refractivity contribution in [3.05, 3.63) is 106 Å². The van der Waals surface area contributed by atoms with E-state index in [-0.39, 0.29) is 17.4 Å². The summed E-state index contributed by atoms with van der Waals surface area (Å²) in [7, 11) is 0. The van der Waals surface area contributed by atoms with E-state index in [1.165, 1.54) is 12.1 Å². The molecule has 1 atom stereocenters. The van der Waals surface area contributed by atoms with Crippen LogP contribution in [0.5, 0.6) is 0 Å². The second-order valence-electron chi connectivity index (χ2n) is 10.7. The van der Waals surface area contributed by atoms with Crippen molar-refractivity contribution in [2.75, 3.05) is 6.61 Å². The average molecular weight is 551 g/mol. The number of aryl methyl sites for hydroxylation is 2. The second kappa shape index (κ2) is 10.2. The first-order valence-electron chi connectivity index (χ1n) is 13.9. The Kier molecular flexibility index (Phi) is 6.38. The molecular formula is C32H28F2N6O. The van der Waals surface area contributed by atoms with Gasteiger partial charge in [-0.2, -0.15) is 5.10 Å². The lowest BCUT2D eigenvalue weighted by atomic mass is 10.0. The summed E-state index contributed by atoms with van der Waals surface area (Å²) < 4.78 is 37.1. The molecular weight excluding hydrogens is 522 g/mol. The predicted octanol–water partition coefficient (Wildman–Crippen LogP) is 6.65. The molecule has 41 heavy (non-hydrogen) atoms. The summed E-state index contributed by atoms with van der Waals surface area (Å²) in [6.07, 6.45) is 4.57. The fourth-order valence-electron chi connectivity index (χ4n) is 5.23. The van der Waals surface area contributed by atoms with E-state index in [1.807, 2.05) is 42.8 Å². The Bertz CT molecular complexity index is 1810. The van der Waals surface area contributed by atoms with E-state index in [2.05, 4.69) is 28.2 Å². The molecule has 7 nitrogen and oxygen atoms in total. The molecule has 3 aromatic heterocycles. The summed E-state index contributed by atoms with van der Waals surface area (Å²) in [4.78, 5) is 18.8. The molecule has 2 aliphatic rings. The van der Waals surface area contributed by atoms with E-state index in [0.29, 0.717) is 48.2 Å². The molecule has 0 amide bonds. The van der Waals surface area contributed by atoms with Crippen LogP contribution in [0.15, 0.2) is 60.7 Å². The molecule has 0 N–H and O–H groups in total. The third kappa shape index (κ3) is 5.02. The maximum Gasteiger partial charge on any atom is 0.182 e. The van der Waals surface area contributed by atoms with Crippen LogP contribution in [-0.2, 0) is 11.3 Å². The molecule has 5 aromatic rings. The topological polar surface area (TPSA) is 78.6 Å². The largest absolute Gasteiger partial charge is 0.367 e. The first-order chi connectivity index (χ1) is 19.9. The maximum absolute atomic E-state index is 15.0. The predicted molar refractivity (Wildman–Crippen MR) is 151 cm³/mol. The van der Waals surface area contributed by atoms with Crippen LogP contribution in [0.25, 0.3) is 28.0 Å². The number of nitrogens with zero attached hydrogens (tertiary/aromatic N) is 6. The van der Waals surface area contributed by atoms with Gasteiger partial charge in [0.2, 0.25) is 0 Å². The average Bonchev–Trinajstić information content (AvgIpc) is 3.74. The molecule has 206 valence electrons. The van der Waals surface area contributed by atoms with Crippen LogP contribution in [-0.4, -0.2) is 36.3 Å². The molecule has 1 aliphatic carbocycles. The van der Waals surface area contributed by atoms with Gasteiger partial charge in [0.15, 0.2) is 11.5 Å². The number of fused-ring (bicyclic) bond motifs is 1. The van der Waals surface area contributed by atoms with Gasteiger partial charge in [0, 0.05) is 17.5 Å². The van der Waals surface area contributed by atoms with E-state index in [4.69, 9.17) is 19.8 Å². The summed E-state index contributed by atoms with van der Waals surface area (Å²) in [5.74, 6) is -0.443. The normalized spacial score (nSPS) is 17.2. The number of hydrogen-bond acceptors (Lipinski definition) is 6. The van der Waals surface area contributed by atoms with Crippen molar-refractivity contribution in [2.45, 2.75) is 51.7 Å². The highest BCUT2D eigenvalue weighted by Gasteiger charge is 2.30. The van der Waals surface area contributed by atoms with Gasteiger partial charge in [0.1, 0.15) is 28.9 Å². The zero-order valence-corrected chi connectivity index (χ0v) is 22.8. The van der Waals surface area contributed by atoms with E-state index >= 15 is 4.39 Å². The number of benzene rings is 2. The molecule has 1 fully saturated rings. The molecule has 4 heterocycles. The second-order valence-corrected chi connectivity index (χ2v) is 10.7. The monoisotopic (exact) mass is 550 g/mol. The quantitative estimate of drug-likeness (QED) is 0.236. The van der Waals surface area contributed by atoms with E-state index < -0.39 is 11.6 Å². The number of rotatable bonds is 6. The Hall–Kier alpha value is -4.37. The Morgan fingerprint density at radius 2 is 1.73 bits per heavy atom. The van der Waals surface area contributed by atoms with Gasteiger partial charge in [-0.1, -0.05) is 30.3 Å². The molecule has 0 spiro atoms.